The van der Waals surface area contributed by atoms with E-state index in [2.05, 4.69) is 20.7 Å². The zero-order chi connectivity index (χ0) is 31.4. The fraction of sp³-hybridized carbons (Fsp3) is 0.323. The number of rotatable bonds is 9. The Kier molecular flexibility index (Phi) is 8.65. The van der Waals surface area contributed by atoms with Crippen LogP contribution in [-0.4, -0.2) is 65.0 Å². The molecule has 0 aliphatic carbocycles. The number of aromatic nitrogens is 4. The largest absolute Gasteiger partial charge is 0.493 e. The van der Waals surface area contributed by atoms with E-state index in [0.717, 1.165) is 4.80 Å². The topological polar surface area (TPSA) is 130 Å². The number of ether oxygens (including phenoxy) is 4. The molecule has 0 radical (unpaired) electrons. The summed E-state index contributed by atoms with van der Waals surface area (Å²) < 4.78 is 35.8. The minimum absolute atomic E-state index is 0.214. The van der Waals surface area contributed by atoms with Crippen molar-refractivity contribution >= 4 is 17.5 Å². The van der Waals surface area contributed by atoms with Gasteiger partial charge in [0.2, 0.25) is 11.7 Å². The van der Waals surface area contributed by atoms with Crippen LogP contribution >= 0.6 is 0 Å². The maximum Gasteiger partial charge on any atom is 0.251 e. The van der Waals surface area contributed by atoms with Gasteiger partial charge >= 0.3 is 0 Å². The van der Waals surface area contributed by atoms with E-state index in [0.29, 0.717) is 53.0 Å². The Bertz CT molecular complexity index is 1650. The van der Waals surface area contributed by atoms with Crippen LogP contribution in [0, 0.1) is 5.82 Å². The first-order valence-corrected chi connectivity index (χ1v) is 13.9. The van der Waals surface area contributed by atoms with Crippen LogP contribution in [0.4, 0.5) is 10.1 Å². The normalized spacial score (nSPS) is 13.1. The third-order valence-corrected chi connectivity index (χ3v) is 6.63. The third kappa shape index (κ3) is 6.72. The molecule has 13 heteroatoms. The molecule has 0 fully saturated rings. The van der Waals surface area contributed by atoms with Crippen LogP contribution in [0.5, 0.6) is 23.0 Å². The fourth-order valence-corrected chi connectivity index (χ4v) is 4.72. The molecule has 1 aliphatic heterocycles. The smallest absolute Gasteiger partial charge is 0.251 e. The summed E-state index contributed by atoms with van der Waals surface area (Å²) in [5.41, 5.74) is 0.750. The molecule has 0 saturated carbocycles. The standard InChI is InChI=1S/C31H33FN6O6/c1-31(2,3)33-30(40)28(20-8-12-23(41-4)25(16-20)42-5)38(22-11-13-24-26(17-22)44-15-14-43-24)27(39)18-37-35-29(34-36-37)19-6-9-21(32)10-7-19/h6-13,16-17,28H,14-15,18H2,1-5H3,(H,33,40). The first kappa shape index (κ1) is 30.3. The Morgan fingerprint density at radius 3 is 2.36 bits per heavy atom. The predicted octanol–water partition coefficient (Wildman–Crippen LogP) is 3.96. The number of carbonyl (C=O) groups is 2. The lowest BCUT2D eigenvalue weighted by atomic mass is 10.00. The fourth-order valence-electron chi connectivity index (χ4n) is 4.72. The van der Waals surface area contributed by atoms with Gasteiger partial charge in [0.25, 0.3) is 5.91 Å². The molecular formula is C31H33FN6O6. The van der Waals surface area contributed by atoms with Gasteiger partial charge in [-0.15, -0.1) is 10.2 Å². The number of anilines is 1. The van der Waals surface area contributed by atoms with Gasteiger partial charge < -0.3 is 24.3 Å². The van der Waals surface area contributed by atoms with Crippen LogP contribution < -0.4 is 29.2 Å². The summed E-state index contributed by atoms with van der Waals surface area (Å²) in [4.78, 5) is 30.8. The van der Waals surface area contributed by atoms with Gasteiger partial charge in [0.15, 0.2) is 23.0 Å². The Morgan fingerprint density at radius 1 is 0.977 bits per heavy atom. The van der Waals surface area contributed by atoms with Gasteiger partial charge in [0, 0.05) is 22.9 Å². The molecule has 1 aliphatic rings. The van der Waals surface area contributed by atoms with E-state index in [1.54, 1.807) is 36.4 Å². The second-order valence-electron chi connectivity index (χ2n) is 11.0. The van der Waals surface area contributed by atoms with Crippen molar-refractivity contribution in [3.05, 3.63) is 72.0 Å². The Hall–Kier alpha value is -5.20. The van der Waals surface area contributed by atoms with Gasteiger partial charge in [-0.2, -0.15) is 4.80 Å². The maximum atomic E-state index is 14.3. The lowest BCUT2D eigenvalue weighted by Crippen LogP contribution is -2.50. The van der Waals surface area contributed by atoms with Crippen molar-refractivity contribution in [2.24, 2.45) is 0 Å². The average Bonchev–Trinajstić information content (AvgIpc) is 3.46. The maximum absolute atomic E-state index is 14.3. The van der Waals surface area contributed by atoms with E-state index in [-0.39, 0.29) is 12.4 Å². The van der Waals surface area contributed by atoms with E-state index < -0.39 is 29.2 Å². The van der Waals surface area contributed by atoms with E-state index >= 15 is 0 Å². The van der Waals surface area contributed by atoms with Crippen molar-refractivity contribution in [2.75, 3.05) is 32.3 Å². The minimum atomic E-state index is -1.16. The van der Waals surface area contributed by atoms with E-state index in [1.807, 2.05) is 20.8 Å². The molecule has 2 amide bonds. The van der Waals surface area contributed by atoms with Gasteiger partial charge in [-0.1, -0.05) is 6.07 Å². The molecule has 0 spiro atoms. The molecule has 44 heavy (non-hydrogen) atoms. The van der Waals surface area contributed by atoms with Crippen molar-refractivity contribution < 1.29 is 32.9 Å². The van der Waals surface area contributed by atoms with E-state index in [4.69, 9.17) is 18.9 Å². The SMILES string of the molecule is COc1ccc(C(C(=O)NC(C)(C)C)N(C(=O)Cn2nnc(-c3ccc(F)cc3)n2)c2ccc3c(c2)OCCO3)cc1OC. The van der Waals surface area contributed by atoms with Gasteiger partial charge in [0.05, 0.1) is 14.2 Å². The lowest BCUT2D eigenvalue weighted by Gasteiger charge is -2.34. The van der Waals surface area contributed by atoms with Crippen LogP contribution in [-0.2, 0) is 16.1 Å². The van der Waals surface area contributed by atoms with Gasteiger partial charge in [0.1, 0.15) is 31.6 Å². The lowest BCUT2D eigenvalue weighted by molar-refractivity contribution is -0.128. The van der Waals surface area contributed by atoms with Crippen LogP contribution in [0.2, 0.25) is 0 Å². The molecule has 0 saturated heterocycles. The van der Waals surface area contributed by atoms with Crippen molar-refractivity contribution in [1.29, 1.82) is 0 Å². The second-order valence-corrected chi connectivity index (χ2v) is 11.0. The van der Waals surface area contributed by atoms with Gasteiger partial charge in [-0.05, 0) is 80.1 Å². The molecule has 4 aromatic rings. The Labute approximate surface area is 253 Å². The van der Waals surface area contributed by atoms with E-state index in [1.165, 1.54) is 43.4 Å². The summed E-state index contributed by atoms with van der Waals surface area (Å²) in [6.45, 7) is 5.92. The first-order chi connectivity index (χ1) is 21.1. The third-order valence-electron chi connectivity index (χ3n) is 6.63. The molecule has 12 nitrogen and oxygen atoms in total. The number of amides is 2. The van der Waals surface area contributed by atoms with Crippen LogP contribution in [0.1, 0.15) is 32.4 Å². The monoisotopic (exact) mass is 604 g/mol. The highest BCUT2D eigenvalue weighted by Gasteiger charge is 2.36. The highest BCUT2D eigenvalue weighted by Crippen LogP contribution is 2.39. The number of carbonyl (C=O) groups excluding carboxylic acids is 2. The van der Waals surface area contributed by atoms with Gasteiger partial charge in [-0.25, -0.2) is 4.39 Å². The molecular weight excluding hydrogens is 571 g/mol. The number of tetrazole rings is 1. The zero-order valence-corrected chi connectivity index (χ0v) is 25.0. The number of halogens is 1. The minimum Gasteiger partial charge on any atom is -0.493 e. The summed E-state index contributed by atoms with van der Waals surface area (Å²) >= 11 is 0. The van der Waals surface area contributed by atoms with E-state index in [9.17, 15) is 14.0 Å². The molecule has 5 rings (SSSR count). The Morgan fingerprint density at radius 2 is 1.68 bits per heavy atom. The molecule has 0 bridgehead atoms. The Balaban J connectivity index is 1.59. The number of methoxy groups -OCH3 is 2. The number of benzene rings is 3. The highest BCUT2D eigenvalue weighted by atomic mass is 19.1. The molecule has 1 N–H and O–H groups in total. The number of hydrogen-bond acceptors (Lipinski definition) is 9. The number of nitrogens with one attached hydrogen (secondary N) is 1. The second kappa shape index (κ2) is 12.6. The first-order valence-electron chi connectivity index (χ1n) is 13.9. The summed E-state index contributed by atoms with van der Waals surface area (Å²) in [7, 11) is 3.00. The number of hydrogen-bond donors (Lipinski definition) is 1. The predicted molar refractivity (Wildman–Crippen MR) is 158 cm³/mol. The molecule has 1 atom stereocenters. The summed E-state index contributed by atoms with van der Waals surface area (Å²) in [6.07, 6.45) is 0. The number of nitrogens with zero attached hydrogens (tertiary/aromatic N) is 5. The zero-order valence-electron chi connectivity index (χ0n) is 25.0. The summed E-state index contributed by atoms with van der Waals surface area (Å²) in [5.74, 6) is 0.660. The molecule has 2 heterocycles. The average molecular weight is 605 g/mol. The van der Waals surface area contributed by atoms with Crippen LogP contribution in [0.25, 0.3) is 11.4 Å². The molecule has 230 valence electrons. The molecule has 1 unspecified atom stereocenters. The quantitative estimate of drug-likeness (QED) is 0.302. The van der Waals surface area contributed by atoms with Crippen LogP contribution in [0.15, 0.2) is 60.7 Å². The van der Waals surface area contributed by atoms with Crippen LogP contribution in [0.3, 0.4) is 0 Å². The summed E-state index contributed by atoms with van der Waals surface area (Å²) in [6, 6.07) is 14.5. The van der Waals surface area contributed by atoms with Gasteiger partial charge in [-0.3, -0.25) is 14.5 Å². The molecule has 1 aromatic heterocycles. The van der Waals surface area contributed by atoms with Crippen molar-refractivity contribution in [1.82, 2.24) is 25.5 Å². The highest BCUT2D eigenvalue weighted by molar-refractivity contribution is 6.01. The summed E-state index contributed by atoms with van der Waals surface area (Å²) in [5, 5.41) is 15.4. The van der Waals surface area contributed by atoms with Crippen molar-refractivity contribution in [3.8, 4) is 34.4 Å². The number of fused-ring (bicyclic) bond motifs is 1. The molecule has 3 aromatic carbocycles. The van der Waals surface area contributed by atoms with Crippen molar-refractivity contribution in [3.63, 3.8) is 0 Å². The van der Waals surface area contributed by atoms with Crippen molar-refractivity contribution in [2.45, 2.75) is 38.9 Å².